The van der Waals surface area contributed by atoms with Gasteiger partial charge in [0.05, 0.1) is 11.4 Å². The molecule has 1 aliphatic heterocycles. The highest BCUT2D eigenvalue weighted by atomic mass is 32.2. The Labute approximate surface area is 164 Å². The minimum atomic E-state index is -3.60. The second-order valence-corrected chi connectivity index (χ2v) is 9.98. The summed E-state index contributed by atoms with van der Waals surface area (Å²) in [5.74, 6) is 1.51. The van der Waals surface area contributed by atoms with Crippen molar-refractivity contribution >= 4 is 16.0 Å². The largest absolute Gasteiger partial charge is 0.357 e. The van der Waals surface area contributed by atoms with Crippen molar-refractivity contribution in [3.8, 4) is 0 Å². The smallest absolute Gasteiger partial charge is 0.241 e. The van der Waals surface area contributed by atoms with Crippen LogP contribution in [0.1, 0.15) is 53.0 Å². The van der Waals surface area contributed by atoms with Gasteiger partial charge in [-0.15, -0.1) is 0 Å². The Hall–Kier alpha value is -1.60. The van der Waals surface area contributed by atoms with Crippen molar-refractivity contribution in [3.05, 3.63) is 29.8 Å². The van der Waals surface area contributed by atoms with Crippen LogP contribution in [0.5, 0.6) is 0 Å². The zero-order valence-electron chi connectivity index (χ0n) is 17.2. The lowest BCUT2D eigenvalue weighted by molar-refractivity contribution is 0.266. The van der Waals surface area contributed by atoms with E-state index in [9.17, 15) is 8.42 Å². The Morgan fingerprint density at radius 3 is 2.63 bits per heavy atom. The molecule has 6 nitrogen and oxygen atoms in total. The molecule has 0 saturated carbocycles. The summed E-state index contributed by atoms with van der Waals surface area (Å²) in [6.07, 6.45) is 2.40. The summed E-state index contributed by atoms with van der Waals surface area (Å²) in [7, 11) is -3.60. The van der Waals surface area contributed by atoms with Crippen LogP contribution in [-0.2, 0) is 16.6 Å². The number of sulfonamides is 1. The van der Waals surface area contributed by atoms with E-state index in [0.29, 0.717) is 22.9 Å². The first-order valence-electron chi connectivity index (χ1n) is 9.77. The van der Waals surface area contributed by atoms with Crippen LogP contribution < -0.4 is 10.0 Å². The van der Waals surface area contributed by atoms with E-state index in [0.717, 1.165) is 32.0 Å². The Morgan fingerprint density at radius 1 is 1.30 bits per heavy atom. The third kappa shape index (κ3) is 6.50. The van der Waals surface area contributed by atoms with E-state index in [4.69, 9.17) is 4.99 Å². The number of guanidine groups is 1. The van der Waals surface area contributed by atoms with E-state index < -0.39 is 15.6 Å². The van der Waals surface area contributed by atoms with E-state index in [1.165, 1.54) is 6.42 Å². The molecule has 0 bridgehead atoms. The zero-order chi connectivity index (χ0) is 20.1. The van der Waals surface area contributed by atoms with E-state index in [2.05, 4.69) is 28.8 Å². The fraction of sp³-hybridized carbons (Fsp3) is 0.650. The van der Waals surface area contributed by atoms with Crippen molar-refractivity contribution in [1.29, 1.82) is 0 Å². The van der Waals surface area contributed by atoms with Gasteiger partial charge < -0.3 is 10.2 Å². The summed E-state index contributed by atoms with van der Waals surface area (Å²) >= 11 is 0. The number of hydrogen-bond acceptors (Lipinski definition) is 3. The second kappa shape index (κ2) is 9.06. The molecule has 1 unspecified atom stereocenters. The number of hydrogen-bond donors (Lipinski definition) is 2. The van der Waals surface area contributed by atoms with Crippen LogP contribution in [0.4, 0.5) is 0 Å². The molecule has 0 aromatic heterocycles. The Morgan fingerprint density at radius 2 is 2.00 bits per heavy atom. The van der Waals surface area contributed by atoms with E-state index in [1.807, 2.05) is 32.9 Å². The molecule has 1 aromatic rings. The maximum atomic E-state index is 12.8. The predicted octanol–water partition coefficient (Wildman–Crippen LogP) is 2.96. The Bertz CT molecular complexity index is 753. The van der Waals surface area contributed by atoms with Gasteiger partial charge in [0.25, 0.3) is 0 Å². The Kier molecular flexibility index (Phi) is 7.28. The van der Waals surface area contributed by atoms with Gasteiger partial charge in [0.15, 0.2) is 5.96 Å². The standard InChI is InChI=1S/C20H34N4O2S/c1-6-21-19(24-13-9-10-16(2)15-24)22-14-17-11-7-8-12-18(17)27(25,26)23-20(3,4)5/h7-8,11-12,16,23H,6,9-10,13-15H2,1-5H3,(H,21,22). The first-order chi connectivity index (χ1) is 12.6. The topological polar surface area (TPSA) is 73.8 Å². The molecule has 1 atom stereocenters. The molecule has 1 fully saturated rings. The van der Waals surface area contributed by atoms with Crippen molar-refractivity contribution < 1.29 is 8.42 Å². The molecule has 152 valence electrons. The molecule has 0 aliphatic carbocycles. The van der Waals surface area contributed by atoms with Crippen molar-refractivity contribution in [2.45, 2.75) is 64.4 Å². The van der Waals surface area contributed by atoms with Crippen molar-refractivity contribution in [1.82, 2.24) is 14.9 Å². The summed E-state index contributed by atoms with van der Waals surface area (Å²) in [6, 6.07) is 7.09. The summed E-state index contributed by atoms with van der Waals surface area (Å²) in [4.78, 5) is 7.33. The Balaban J connectivity index is 2.26. The minimum absolute atomic E-state index is 0.298. The van der Waals surface area contributed by atoms with Gasteiger partial charge in [0, 0.05) is 25.2 Å². The van der Waals surface area contributed by atoms with Crippen molar-refractivity contribution in [2.24, 2.45) is 10.9 Å². The van der Waals surface area contributed by atoms with Gasteiger partial charge in [-0.25, -0.2) is 18.1 Å². The fourth-order valence-corrected chi connectivity index (χ4v) is 4.97. The number of aliphatic imine (C=N–C) groups is 1. The first kappa shape index (κ1) is 21.7. The summed E-state index contributed by atoms with van der Waals surface area (Å²) in [6.45, 7) is 12.9. The van der Waals surface area contributed by atoms with Gasteiger partial charge in [0.2, 0.25) is 10.0 Å². The number of nitrogens with one attached hydrogen (secondary N) is 2. The molecular weight excluding hydrogens is 360 g/mol. The molecule has 0 radical (unpaired) electrons. The number of benzene rings is 1. The lowest BCUT2D eigenvalue weighted by Gasteiger charge is -2.33. The van der Waals surface area contributed by atoms with Crippen LogP contribution in [0.3, 0.4) is 0 Å². The average Bonchev–Trinajstić information content (AvgIpc) is 2.57. The predicted molar refractivity (Wildman–Crippen MR) is 111 cm³/mol. The van der Waals surface area contributed by atoms with Crippen LogP contribution in [0, 0.1) is 5.92 Å². The fourth-order valence-electron chi connectivity index (χ4n) is 3.32. The molecule has 2 rings (SSSR count). The van der Waals surface area contributed by atoms with E-state index in [1.54, 1.807) is 12.1 Å². The number of likely N-dealkylation sites (tertiary alicyclic amines) is 1. The zero-order valence-corrected chi connectivity index (χ0v) is 18.1. The molecule has 2 N–H and O–H groups in total. The lowest BCUT2D eigenvalue weighted by atomic mass is 10.0. The molecule has 1 saturated heterocycles. The average molecular weight is 395 g/mol. The summed E-state index contributed by atoms with van der Waals surface area (Å²) in [5.41, 5.74) is 0.170. The van der Waals surface area contributed by atoms with Crippen LogP contribution in [0.2, 0.25) is 0 Å². The highest BCUT2D eigenvalue weighted by molar-refractivity contribution is 7.89. The summed E-state index contributed by atoms with van der Waals surface area (Å²) in [5, 5.41) is 3.35. The molecule has 1 aromatic carbocycles. The number of rotatable bonds is 5. The lowest BCUT2D eigenvalue weighted by Crippen LogP contribution is -2.46. The molecule has 1 aliphatic rings. The van der Waals surface area contributed by atoms with Gasteiger partial charge in [-0.05, 0) is 58.1 Å². The van der Waals surface area contributed by atoms with Gasteiger partial charge >= 0.3 is 0 Å². The number of piperidine rings is 1. The molecule has 7 heteroatoms. The van der Waals surface area contributed by atoms with Crippen molar-refractivity contribution in [3.63, 3.8) is 0 Å². The second-order valence-electron chi connectivity index (χ2n) is 8.33. The van der Waals surface area contributed by atoms with Crippen molar-refractivity contribution in [2.75, 3.05) is 19.6 Å². The molecule has 0 amide bonds. The highest BCUT2D eigenvalue weighted by Crippen LogP contribution is 2.20. The maximum absolute atomic E-state index is 12.8. The molecule has 1 heterocycles. The van der Waals surface area contributed by atoms with Crippen LogP contribution in [0.15, 0.2) is 34.2 Å². The van der Waals surface area contributed by atoms with Crippen LogP contribution in [-0.4, -0.2) is 44.5 Å². The third-order valence-corrected chi connectivity index (χ3v) is 6.25. The minimum Gasteiger partial charge on any atom is -0.357 e. The van der Waals surface area contributed by atoms with Gasteiger partial charge in [-0.3, -0.25) is 0 Å². The molecule has 0 spiro atoms. The molecule has 27 heavy (non-hydrogen) atoms. The quantitative estimate of drug-likeness (QED) is 0.595. The highest BCUT2D eigenvalue weighted by Gasteiger charge is 2.24. The van der Waals surface area contributed by atoms with Crippen LogP contribution in [0.25, 0.3) is 0 Å². The third-order valence-electron chi connectivity index (χ3n) is 4.39. The molecular formula is C20H34N4O2S. The van der Waals surface area contributed by atoms with E-state index in [-0.39, 0.29) is 0 Å². The normalized spacial score (nSPS) is 19.2. The maximum Gasteiger partial charge on any atom is 0.241 e. The van der Waals surface area contributed by atoms with Gasteiger partial charge in [0.1, 0.15) is 0 Å². The first-order valence-corrected chi connectivity index (χ1v) is 11.3. The van der Waals surface area contributed by atoms with Gasteiger partial charge in [-0.1, -0.05) is 25.1 Å². The SMILES string of the molecule is CCNC(=NCc1ccccc1S(=O)(=O)NC(C)(C)C)N1CCCC(C)C1. The summed E-state index contributed by atoms with van der Waals surface area (Å²) < 4.78 is 28.3. The van der Waals surface area contributed by atoms with E-state index >= 15 is 0 Å². The number of nitrogens with zero attached hydrogens (tertiary/aromatic N) is 2. The monoisotopic (exact) mass is 394 g/mol. The van der Waals surface area contributed by atoms with Gasteiger partial charge in [-0.2, -0.15) is 0 Å². The van der Waals surface area contributed by atoms with Crippen LogP contribution >= 0.6 is 0 Å².